The average molecular weight is 451 g/mol. The zero-order valence-electron chi connectivity index (χ0n) is 16.2. The van der Waals surface area contributed by atoms with Crippen LogP contribution in [0, 0.1) is 0 Å². The summed E-state index contributed by atoms with van der Waals surface area (Å²) in [7, 11) is -8.55. The maximum atomic E-state index is 13.3. The van der Waals surface area contributed by atoms with Gasteiger partial charge in [-0.2, -0.15) is 0 Å². The number of aliphatic imine (C=N–C) groups is 1. The van der Waals surface area contributed by atoms with E-state index in [1.54, 1.807) is 42.5 Å². The van der Waals surface area contributed by atoms with Gasteiger partial charge in [-0.1, -0.05) is 54.6 Å². The Morgan fingerprint density at radius 1 is 0.710 bits per heavy atom. The highest BCUT2D eigenvalue weighted by Gasteiger charge is 2.38. The Balaban J connectivity index is 1.83. The summed E-state index contributed by atoms with van der Waals surface area (Å²) in [6.07, 6.45) is 2.44. The summed E-state index contributed by atoms with van der Waals surface area (Å²) in [6.45, 7) is 0. The van der Waals surface area contributed by atoms with Crippen LogP contribution in [0.1, 0.15) is 0 Å². The quantitative estimate of drug-likeness (QED) is 0.410. The fourth-order valence-corrected chi connectivity index (χ4v) is 7.15. The summed E-state index contributed by atoms with van der Waals surface area (Å²) in [6, 6.07) is 24.1. The molecule has 0 N–H and O–H groups in total. The van der Waals surface area contributed by atoms with Gasteiger partial charge in [0.15, 0.2) is 0 Å². The van der Waals surface area contributed by atoms with Gasteiger partial charge in [-0.3, -0.25) is 9.98 Å². The van der Waals surface area contributed by atoms with Gasteiger partial charge in [-0.15, -0.1) is 0 Å². The lowest BCUT2D eigenvalue weighted by Crippen LogP contribution is -2.32. The number of para-hydroxylation sites is 1. The topological polar surface area (TPSA) is 93.5 Å². The molecule has 31 heavy (non-hydrogen) atoms. The molecular weight excluding hydrogens is 432 g/mol. The minimum Gasteiger partial charge on any atom is -0.257 e. The maximum Gasteiger partial charge on any atom is 0.206 e. The Morgan fingerprint density at radius 3 is 1.81 bits per heavy atom. The van der Waals surface area contributed by atoms with Gasteiger partial charge in [0.1, 0.15) is 0 Å². The third kappa shape index (κ3) is 4.26. The molecule has 0 aliphatic carbocycles. The number of aromatic nitrogens is 1. The molecule has 4 aromatic rings. The number of pyridine rings is 1. The number of rotatable bonds is 6. The molecule has 0 bridgehead atoms. The molecule has 0 saturated heterocycles. The first-order chi connectivity index (χ1) is 14.9. The minimum atomic E-state index is -4.28. The summed E-state index contributed by atoms with van der Waals surface area (Å²) in [4.78, 5) is 8.29. The smallest absolute Gasteiger partial charge is 0.206 e. The predicted octanol–water partition coefficient (Wildman–Crippen LogP) is 4.21. The van der Waals surface area contributed by atoms with Crippen LogP contribution >= 0.6 is 0 Å². The standard InChI is InChI=1S/C23H18N2O4S2/c26-30(27,20-10-3-1-4-11-20)23(31(28,29)21-12-5-2-6-13-21)17-24-19-15-18-9-7-8-14-22(18)25-16-19/h1-17,23H. The van der Waals surface area contributed by atoms with E-state index in [4.69, 9.17) is 0 Å². The maximum absolute atomic E-state index is 13.3. The monoisotopic (exact) mass is 450 g/mol. The molecule has 0 radical (unpaired) electrons. The van der Waals surface area contributed by atoms with E-state index in [1.807, 2.05) is 24.3 Å². The molecule has 3 aromatic carbocycles. The molecule has 0 atom stereocenters. The second kappa shape index (κ2) is 8.41. The van der Waals surface area contributed by atoms with Crippen molar-refractivity contribution in [2.45, 2.75) is 14.4 Å². The van der Waals surface area contributed by atoms with Crippen LogP contribution in [0.5, 0.6) is 0 Å². The van der Waals surface area contributed by atoms with Gasteiger partial charge in [0.25, 0.3) is 0 Å². The molecule has 6 nitrogen and oxygen atoms in total. The van der Waals surface area contributed by atoms with E-state index in [1.165, 1.54) is 30.5 Å². The lowest BCUT2D eigenvalue weighted by Gasteiger charge is -2.15. The van der Waals surface area contributed by atoms with E-state index < -0.39 is 24.3 Å². The van der Waals surface area contributed by atoms with Gasteiger partial charge in [-0.25, -0.2) is 16.8 Å². The van der Waals surface area contributed by atoms with E-state index >= 15 is 0 Å². The summed E-state index contributed by atoms with van der Waals surface area (Å²) in [5.74, 6) is 0. The fraction of sp³-hybridized carbons (Fsp3) is 0.0435. The van der Waals surface area contributed by atoms with Crippen LogP contribution in [0.2, 0.25) is 0 Å². The highest BCUT2D eigenvalue weighted by molar-refractivity contribution is 8.10. The highest BCUT2D eigenvalue weighted by Crippen LogP contribution is 2.26. The first kappa shape index (κ1) is 20.9. The van der Waals surface area contributed by atoms with Crippen molar-refractivity contribution in [2.75, 3.05) is 0 Å². The average Bonchev–Trinajstić information content (AvgIpc) is 2.80. The van der Waals surface area contributed by atoms with Crippen molar-refractivity contribution in [1.29, 1.82) is 0 Å². The van der Waals surface area contributed by atoms with Crippen LogP contribution < -0.4 is 0 Å². The van der Waals surface area contributed by atoms with Crippen molar-refractivity contribution < 1.29 is 16.8 Å². The van der Waals surface area contributed by atoms with Crippen LogP contribution in [0.15, 0.2) is 112 Å². The normalized spacial score (nSPS) is 12.5. The Morgan fingerprint density at radius 2 is 1.23 bits per heavy atom. The molecule has 0 spiro atoms. The number of benzene rings is 3. The molecule has 156 valence electrons. The van der Waals surface area contributed by atoms with Crippen molar-refractivity contribution >= 4 is 42.5 Å². The second-order valence-electron chi connectivity index (χ2n) is 6.75. The molecule has 1 aromatic heterocycles. The summed E-state index contributed by atoms with van der Waals surface area (Å²) in [5, 5.41) is 0.811. The fourth-order valence-electron chi connectivity index (χ4n) is 3.09. The SMILES string of the molecule is O=S(=O)(c1ccccc1)C(C=Nc1cnc2ccccc2c1)S(=O)(=O)c1ccccc1. The van der Waals surface area contributed by atoms with Crippen LogP contribution in [-0.2, 0) is 19.7 Å². The Labute approximate surface area is 180 Å². The molecule has 1 heterocycles. The van der Waals surface area contributed by atoms with Crippen LogP contribution in [0.3, 0.4) is 0 Å². The summed E-state index contributed by atoms with van der Waals surface area (Å²) < 4.78 is 51.3. The van der Waals surface area contributed by atoms with Gasteiger partial charge in [0.2, 0.25) is 24.3 Å². The summed E-state index contributed by atoms with van der Waals surface area (Å²) in [5.41, 5.74) is 1.11. The zero-order valence-corrected chi connectivity index (χ0v) is 17.9. The van der Waals surface area contributed by atoms with E-state index in [0.717, 1.165) is 17.1 Å². The zero-order chi connectivity index (χ0) is 21.9. The van der Waals surface area contributed by atoms with E-state index in [0.29, 0.717) is 5.69 Å². The summed E-state index contributed by atoms with van der Waals surface area (Å²) >= 11 is 0. The van der Waals surface area contributed by atoms with E-state index in [2.05, 4.69) is 9.98 Å². The third-order valence-corrected chi connectivity index (χ3v) is 9.52. The molecule has 0 amide bonds. The largest absolute Gasteiger partial charge is 0.257 e. The van der Waals surface area contributed by atoms with Crippen molar-refractivity contribution in [2.24, 2.45) is 4.99 Å². The van der Waals surface area contributed by atoms with Gasteiger partial charge >= 0.3 is 0 Å². The van der Waals surface area contributed by atoms with Crippen molar-refractivity contribution in [3.05, 3.63) is 97.2 Å². The van der Waals surface area contributed by atoms with Gasteiger partial charge in [-0.05, 0) is 36.4 Å². The lowest BCUT2D eigenvalue weighted by molar-refractivity contribution is 0.584. The minimum absolute atomic E-state index is 0.0948. The number of sulfone groups is 2. The first-order valence-electron chi connectivity index (χ1n) is 9.36. The Hall–Kier alpha value is -3.36. The van der Waals surface area contributed by atoms with Gasteiger partial charge in [0.05, 0.1) is 27.2 Å². The second-order valence-corrected chi connectivity index (χ2v) is 11.2. The molecular formula is C23H18N2O4S2. The highest BCUT2D eigenvalue weighted by atomic mass is 32.3. The third-order valence-electron chi connectivity index (χ3n) is 4.68. The molecule has 8 heteroatoms. The number of hydrogen-bond donors (Lipinski definition) is 0. The van der Waals surface area contributed by atoms with Crippen molar-refractivity contribution in [3.63, 3.8) is 0 Å². The Kier molecular flexibility index (Phi) is 5.67. The van der Waals surface area contributed by atoms with E-state index in [-0.39, 0.29) is 9.79 Å². The predicted molar refractivity (Wildman–Crippen MR) is 121 cm³/mol. The van der Waals surface area contributed by atoms with Crippen molar-refractivity contribution in [3.8, 4) is 0 Å². The molecule has 0 unspecified atom stereocenters. The van der Waals surface area contributed by atoms with Gasteiger partial charge < -0.3 is 0 Å². The number of nitrogens with zero attached hydrogens (tertiary/aromatic N) is 2. The first-order valence-corrected chi connectivity index (χ1v) is 12.5. The van der Waals surface area contributed by atoms with E-state index in [9.17, 15) is 16.8 Å². The van der Waals surface area contributed by atoms with Crippen LogP contribution in [-0.4, -0.2) is 32.6 Å². The van der Waals surface area contributed by atoms with Gasteiger partial charge in [0, 0.05) is 11.6 Å². The van der Waals surface area contributed by atoms with Crippen LogP contribution in [0.4, 0.5) is 5.69 Å². The molecule has 0 aliphatic rings. The molecule has 0 saturated carbocycles. The number of hydrogen-bond acceptors (Lipinski definition) is 6. The lowest BCUT2D eigenvalue weighted by atomic mass is 10.2. The van der Waals surface area contributed by atoms with Crippen molar-refractivity contribution in [1.82, 2.24) is 4.98 Å². The molecule has 0 aliphatic heterocycles. The Bertz CT molecular complexity index is 1380. The molecule has 4 rings (SSSR count). The number of fused-ring (bicyclic) bond motifs is 1. The van der Waals surface area contributed by atoms with Crippen LogP contribution in [0.25, 0.3) is 10.9 Å². The molecule has 0 fully saturated rings.